The number of benzene rings is 1. The van der Waals surface area contributed by atoms with Gasteiger partial charge in [-0.3, -0.25) is 0 Å². The SMILES string of the molecule is COc1cc(CN)cc(Cl)c1OC(F)F. The Hall–Kier alpha value is -1.07. The first-order valence-electron chi connectivity index (χ1n) is 4.09. The van der Waals surface area contributed by atoms with Crippen LogP contribution in [0.15, 0.2) is 12.1 Å². The molecule has 0 heterocycles. The van der Waals surface area contributed by atoms with Crippen LogP contribution in [0.3, 0.4) is 0 Å². The molecule has 0 unspecified atom stereocenters. The highest BCUT2D eigenvalue weighted by Crippen LogP contribution is 2.37. The molecule has 0 aliphatic heterocycles. The second-order valence-electron chi connectivity index (χ2n) is 2.69. The van der Waals surface area contributed by atoms with Crippen LogP contribution in [0.2, 0.25) is 5.02 Å². The number of alkyl halides is 2. The van der Waals surface area contributed by atoms with Crippen LogP contribution in [0, 0.1) is 0 Å². The quantitative estimate of drug-likeness (QED) is 0.875. The molecule has 3 nitrogen and oxygen atoms in total. The summed E-state index contributed by atoms with van der Waals surface area (Å²) in [6, 6.07) is 2.96. The lowest BCUT2D eigenvalue weighted by molar-refractivity contribution is -0.0511. The molecule has 84 valence electrons. The first kappa shape index (κ1) is 12.0. The Bertz CT molecular complexity index is 347. The fourth-order valence-corrected chi connectivity index (χ4v) is 1.37. The van der Waals surface area contributed by atoms with E-state index in [2.05, 4.69) is 4.74 Å². The highest BCUT2D eigenvalue weighted by Gasteiger charge is 2.15. The van der Waals surface area contributed by atoms with Crippen molar-refractivity contribution in [3.8, 4) is 11.5 Å². The van der Waals surface area contributed by atoms with Gasteiger partial charge in [-0.25, -0.2) is 0 Å². The minimum absolute atomic E-state index is 0.0510. The molecule has 1 aromatic carbocycles. The van der Waals surface area contributed by atoms with Crippen LogP contribution in [-0.2, 0) is 6.54 Å². The second kappa shape index (κ2) is 5.14. The minimum atomic E-state index is -2.94. The van der Waals surface area contributed by atoms with Crippen molar-refractivity contribution < 1.29 is 18.3 Å². The third kappa shape index (κ3) is 2.94. The van der Waals surface area contributed by atoms with Crippen LogP contribution in [0.5, 0.6) is 11.5 Å². The van der Waals surface area contributed by atoms with Crippen LogP contribution in [0.1, 0.15) is 5.56 Å². The lowest BCUT2D eigenvalue weighted by Crippen LogP contribution is -2.05. The number of halogens is 3. The molecule has 1 rings (SSSR count). The van der Waals surface area contributed by atoms with E-state index in [1.54, 1.807) is 0 Å². The van der Waals surface area contributed by atoms with Gasteiger partial charge in [-0.15, -0.1) is 0 Å². The van der Waals surface area contributed by atoms with Gasteiger partial charge in [0, 0.05) is 6.54 Å². The van der Waals surface area contributed by atoms with Gasteiger partial charge in [0.2, 0.25) is 0 Å². The van der Waals surface area contributed by atoms with Crippen LogP contribution in [0.4, 0.5) is 8.78 Å². The molecular weight excluding hydrogens is 228 g/mol. The standard InChI is InChI=1S/C9H10ClF2NO2/c1-14-7-3-5(4-13)2-6(10)8(7)15-9(11)12/h2-3,9H,4,13H2,1H3. The van der Waals surface area contributed by atoms with Crippen molar-refractivity contribution >= 4 is 11.6 Å². The molecule has 15 heavy (non-hydrogen) atoms. The van der Waals surface area contributed by atoms with Gasteiger partial charge in [-0.2, -0.15) is 8.78 Å². The predicted molar refractivity (Wildman–Crippen MR) is 52.5 cm³/mol. The van der Waals surface area contributed by atoms with E-state index in [4.69, 9.17) is 22.1 Å². The Balaban J connectivity index is 3.12. The van der Waals surface area contributed by atoms with Gasteiger partial charge in [-0.05, 0) is 17.7 Å². The third-order valence-electron chi connectivity index (χ3n) is 1.73. The summed E-state index contributed by atoms with van der Waals surface area (Å²) >= 11 is 5.74. The molecule has 0 aliphatic carbocycles. The van der Waals surface area contributed by atoms with Crippen molar-refractivity contribution in [2.24, 2.45) is 5.73 Å². The molecule has 1 aromatic rings. The summed E-state index contributed by atoms with van der Waals surface area (Å²) < 4.78 is 33.2. The molecule has 0 saturated heterocycles. The molecule has 0 saturated carbocycles. The van der Waals surface area contributed by atoms with Crippen LogP contribution in [0.25, 0.3) is 0 Å². The summed E-state index contributed by atoms with van der Waals surface area (Å²) in [5.41, 5.74) is 6.07. The fourth-order valence-electron chi connectivity index (χ4n) is 1.09. The average molecular weight is 238 g/mol. The number of methoxy groups -OCH3 is 1. The van der Waals surface area contributed by atoms with E-state index in [1.165, 1.54) is 19.2 Å². The Morgan fingerprint density at radius 1 is 1.47 bits per heavy atom. The van der Waals surface area contributed by atoms with E-state index in [0.29, 0.717) is 5.56 Å². The zero-order valence-electron chi connectivity index (χ0n) is 7.97. The first-order chi connectivity index (χ1) is 7.08. The lowest BCUT2D eigenvalue weighted by atomic mass is 10.2. The molecule has 0 amide bonds. The minimum Gasteiger partial charge on any atom is -0.493 e. The molecule has 0 aliphatic rings. The summed E-state index contributed by atoms with van der Waals surface area (Å²) in [4.78, 5) is 0. The topological polar surface area (TPSA) is 44.5 Å². The van der Waals surface area contributed by atoms with Gasteiger partial charge >= 0.3 is 6.61 Å². The summed E-state index contributed by atoms with van der Waals surface area (Å²) in [6.07, 6.45) is 0. The first-order valence-corrected chi connectivity index (χ1v) is 4.47. The van der Waals surface area contributed by atoms with Gasteiger partial charge < -0.3 is 15.2 Å². The molecule has 0 bridgehead atoms. The zero-order chi connectivity index (χ0) is 11.4. The van der Waals surface area contributed by atoms with Gasteiger partial charge in [-0.1, -0.05) is 11.6 Å². The number of hydrogen-bond acceptors (Lipinski definition) is 3. The van der Waals surface area contributed by atoms with Gasteiger partial charge in [0.25, 0.3) is 0 Å². The van der Waals surface area contributed by atoms with Crippen molar-refractivity contribution in [2.75, 3.05) is 7.11 Å². The number of nitrogens with two attached hydrogens (primary N) is 1. The molecule has 0 aromatic heterocycles. The Morgan fingerprint density at radius 2 is 2.13 bits per heavy atom. The van der Waals surface area contributed by atoms with Crippen molar-refractivity contribution in [1.82, 2.24) is 0 Å². The van der Waals surface area contributed by atoms with Gasteiger partial charge in [0.05, 0.1) is 12.1 Å². The summed E-state index contributed by atoms with van der Waals surface area (Å²) in [6.45, 7) is -2.70. The van der Waals surface area contributed by atoms with E-state index < -0.39 is 6.61 Å². The molecular formula is C9H10ClF2NO2. The van der Waals surface area contributed by atoms with Crippen LogP contribution >= 0.6 is 11.6 Å². The smallest absolute Gasteiger partial charge is 0.387 e. The molecule has 0 atom stereocenters. The monoisotopic (exact) mass is 237 g/mol. The van der Waals surface area contributed by atoms with Gasteiger partial charge in [0.15, 0.2) is 11.5 Å². The summed E-state index contributed by atoms with van der Waals surface area (Å²) in [5.74, 6) is -0.0328. The third-order valence-corrected chi connectivity index (χ3v) is 2.01. The molecule has 0 spiro atoms. The number of rotatable bonds is 4. The second-order valence-corrected chi connectivity index (χ2v) is 3.10. The Morgan fingerprint density at radius 3 is 2.60 bits per heavy atom. The lowest BCUT2D eigenvalue weighted by Gasteiger charge is -2.12. The molecule has 6 heteroatoms. The summed E-state index contributed by atoms with van der Waals surface area (Å²) in [7, 11) is 1.34. The molecule has 0 radical (unpaired) electrons. The predicted octanol–water partition coefficient (Wildman–Crippen LogP) is 2.41. The Kier molecular flexibility index (Phi) is 4.11. The normalized spacial score (nSPS) is 10.5. The summed E-state index contributed by atoms with van der Waals surface area (Å²) in [5, 5.41) is 0.0510. The zero-order valence-corrected chi connectivity index (χ0v) is 8.72. The van der Waals surface area contributed by atoms with Crippen molar-refractivity contribution in [1.29, 1.82) is 0 Å². The maximum Gasteiger partial charge on any atom is 0.387 e. The van der Waals surface area contributed by atoms with E-state index in [9.17, 15) is 8.78 Å². The van der Waals surface area contributed by atoms with Crippen molar-refractivity contribution in [3.63, 3.8) is 0 Å². The molecule has 0 fully saturated rings. The number of hydrogen-bond donors (Lipinski definition) is 1. The van der Waals surface area contributed by atoms with Crippen LogP contribution < -0.4 is 15.2 Å². The van der Waals surface area contributed by atoms with E-state index in [-0.39, 0.29) is 23.1 Å². The Labute approximate surface area is 90.7 Å². The largest absolute Gasteiger partial charge is 0.493 e. The molecule has 2 N–H and O–H groups in total. The van der Waals surface area contributed by atoms with Crippen LogP contribution in [-0.4, -0.2) is 13.7 Å². The van der Waals surface area contributed by atoms with E-state index in [0.717, 1.165) is 0 Å². The van der Waals surface area contributed by atoms with E-state index in [1.807, 2.05) is 0 Å². The maximum absolute atomic E-state index is 12.0. The van der Waals surface area contributed by atoms with Crippen molar-refractivity contribution in [2.45, 2.75) is 13.2 Å². The highest BCUT2D eigenvalue weighted by molar-refractivity contribution is 6.32. The van der Waals surface area contributed by atoms with Crippen molar-refractivity contribution in [3.05, 3.63) is 22.7 Å². The number of ether oxygens (including phenoxy) is 2. The average Bonchev–Trinajstić information content (AvgIpc) is 2.20. The maximum atomic E-state index is 12.0. The van der Waals surface area contributed by atoms with E-state index >= 15 is 0 Å². The highest BCUT2D eigenvalue weighted by atomic mass is 35.5. The van der Waals surface area contributed by atoms with Gasteiger partial charge in [0.1, 0.15) is 0 Å². The fraction of sp³-hybridized carbons (Fsp3) is 0.333.